The number of nitrogens with zero attached hydrogens (tertiary/aromatic N) is 1. The van der Waals surface area contributed by atoms with E-state index in [2.05, 4.69) is 30.0 Å². The van der Waals surface area contributed by atoms with Crippen molar-refractivity contribution in [1.29, 1.82) is 0 Å². The zero-order valence-electron chi connectivity index (χ0n) is 9.00. The van der Waals surface area contributed by atoms with Crippen molar-refractivity contribution in [2.75, 3.05) is 19.6 Å². The van der Waals surface area contributed by atoms with Gasteiger partial charge in [-0.25, -0.2) is 0 Å². The Kier molecular flexibility index (Phi) is 7.33. The maximum Gasteiger partial charge on any atom is 0.0977 e. The molecule has 0 aliphatic heterocycles. The zero-order valence-corrected chi connectivity index (χ0v) is 9.00. The minimum atomic E-state index is 0.768. The average Bonchev–Trinajstić information content (AvgIpc) is 2.19. The molecular weight excluding hydrogens is 172 g/mol. The van der Waals surface area contributed by atoms with Gasteiger partial charge in [-0.05, 0) is 13.0 Å². The third-order valence-electron chi connectivity index (χ3n) is 1.74. The number of rotatable bonds is 8. The second kappa shape index (κ2) is 8.17. The topological polar surface area (TPSA) is 15.3 Å². The van der Waals surface area contributed by atoms with Gasteiger partial charge in [-0.3, -0.25) is 0 Å². The molecule has 0 spiro atoms. The lowest BCUT2D eigenvalue weighted by molar-refractivity contribution is 0.390. The summed E-state index contributed by atoms with van der Waals surface area (Å²) >= 11 is 0. The van der Waals surface area contributed by atoms with Crippen LogP contribution in [0.4, 0.5) is 0 Å². The third kappa shape index (κ3) is 4.55. The fourth-order valence-electron chi connectivity index (χ4n) is 1.16. The standard InChI is InChI=1S/C12H20N2/c1-5-9-13-12(8-4)14(10-6-2)11-7-3/h5-8,13H,1-3,9-11H2,4H3. The molecule has 0 aliphatic carbocycles. The predicted octanol–water partition coefficient (Wildman–Crippen LogP) is 2.30. The lowest BCUT2D eigenvalue weighted by Crippen LogP contribution is -2.32. The van der Waals surface area contributed by atoms with Gasteiger partial charge in [-0.15, -0.1) is 19.7 Å². The van der Waals surface area contributed by atoms with Crippen LogP contribution >= 0.6 is 0 Å². The molecule has 1 N–H and O–H groups in total. The molecule has 0 unspecified atom stereocenters. The van der Waals surface area contributed by atoms with Crippen molar-refractivity contribution in [2.45, 2.75) is 6.92 Å². The molecule has 0 heterocycles. The summed E-state index contributed by atoms with van der Waals surface area (Å²) in [5, 5.41) is 3.26. The first-order valence-electron chi connectivity index (χ1n) is 4.78. The van der Waals surface area contributed by atoms with E-state index in [1.165, 1.54) is 0 Å². The summed E-state index contributed by atoms with van der Waals surface area (Å²) in [5.41, 5.74) is 0. The smallest absolute Gasteiger partial charge is 0.0977 e. The van der Waals surface area contributed by atoms with E-state index in [1.807, 2.05) is 31.2 Å². The molecule has 0 bridgehead atoms. The molecule has 78 valence electrons. The molecule has 14 heavy (non-hydrogen) atoms. The quantitative estimate of drug-likeness (QED) is 0.594. The first-order chi connectivity index (χ1) is 6.79. The fourth-order valence-corrected chi connectivity index (χ4v) is 1.16. The van der Waals surface area contributed by atoms with Crippen molar-refractivity contribution in [3.05, 3.63) is 49.9 Å². The largest absolute Gasteiger partial charge is 0.369 e. The van der Waals surface area contributed by atoms with E-state index in [1.54, 1.807) is 0 Å². The van der Waals surface area contributed by atoms with Gasteiger partial charge in [-0.2, -0.15) is 0 Å². The molecule has 0 saturated carbocycles. The summed E-state index contributed by atoms with van der Waals surface area (Å²) in [5.74, 6) is 1.09. The molecule has 0 atom stereocenters. The Morgan fingerprint density at radius 3 is 2.07 bits per heavy atom. The first kappa shape index (κ1) is 12.6. The highest BCUT2D eigenvalue weighted by Gasteiger charge is 2.03. The van der Waals surface area contributed by atoms with Crippen molar-refractivity contribution >= 4 is 0 Å². The molecule has 0 radical (unpaired) electrons. The molecule has 0 fully saturated rings. The van der Waals surface area contributed by atoms with Crippen LogP contribution in [0.5, 0.6) is 0 Å². The Labute approximate surface area is 87.3 Å². The highest BCUT2D eigenvalue weighted by molar-refractivity contribution is 5.02. The maximum absolute atomic E-state index is 3.73. The molecule has 0 rings (SSSR count). The molecule has 0 aliphatic rings. The van der Waals surface area contributed by atoms with Crippen molar-refractivity contribution in [1.82, 2.24) is 10.2 Å². The van der Waals surface area contributed by atoms with Gasteiger partial charge in [-0.1, -0.05) is 18.2 Å². The molecule has 0 amide bonds. The van der Waals surface area contributed by atoms with Crippen molar-refractivity contribution < 1.29 is 0 Å². The fraction of sp³-hybridized carbons (Fsp3) is 0.333. The summed E-state index contributed by atoms with van der Waals surface area (Å²) in [4.78, 5) is 2.16. The molecule has 2 heteroatoms. The van der Waals surface area contributed by atoms with Gasteiger partial charge < -0.3 is 10.2 Å². The third-order valence-corrected chi connectivity index (χ3v) is 1.74. The molecule has 0 aromatic carbocycles. The van der Waals surface area contributed by atoms with Crippen molar-refractivity contribution in [2.24, 2.45) is 0 Å². The van der Waals surface area contributed by atoms with Gasteiger partial charge in [0.1, 0.15) is 0 Å². The number of hydrogen-bond donors (Lipinski definition) is 1. The number of hydrogen-bond acceptors (Lipinski definition) is 2. The average molecular weight is 192 g/mol. The normalized spacial score (nSPS) is 10.5. The van der Waals surface area contributed by atoms with E-state index in [-0.39, 0.29) is 0 Å². The van der Waals surface area contributed by atoms with Crippen molar-refractivity contribution in [3.63, 3.8) is 0 Å². The van der Waals surface area contributed by atoms with Gasteiger partial charge in [0, 0.05) is 19.6 Å². The first-order valence-corrected chi connectivity index (χ1v) is 4.78. The molecule has 0 aromatic rings. The number of allylic oxidation sites excluding steroid dienone is 1. The van der Waals surface area contributed by atoms with Crippen molar-refractivity contribution in [3.8, 4) is 0 Å². The van der Waals surface area contributed by atoms with Gasteiger partial charge in [0.2, 0.25) is 0 Å². The van der Waals surface area contributed by atoms with Crippen LogP contribution in [0.15, 0.2) is 49.9 Å². The SMILES string of the molecule is C=CCNC(=CC)N(CC=C)CC=C. The van der Waals surface area contributed by atoms with Gasteiger partial charge in [0.05, 0.1) is 5.82 Å². The predicted molar refractivity (Wildman–Crippen MR) is 63.9 cm³/mol. The maximum atomic E-state index is 3.73. The minimum Gasteiger partial charge on any atom is -0.369 e. The lowest BCUT2D eigenvalue weighted by Gasteiger charge is -2.25. The van der Waals surface area contributed by atoms with Gasteiger partial charge in [0.25, 0.3) is 0 Å². The molecule has 0 aromatic heterocycles. The van der Waals surface area contributed by atoms with Crippen LogP contribution in [0, 0.1) is 0 Å². The molecular formula is C12H20N2. The Hall–Kier alpha value is -1.44. The minimum absolute atomic E-state index is 0.768. The second-order valence-electron chi connectivity index (χ2n) is 2.83. The lowest BCUT2D eigenvalue weighted by atomic mass is 10.4. The van der Waals surface area contributed by atoms with Gasteiger partial charge >= 0.3 is 0 Å². The van der Waals surface area contributed by atoms with Crippen LogP contribution in [0.3, 0.4) is 0 Å². The van der Waals surface area contributed by atoms with E-state index >= 15 is 0 Å². The Balaban J connectivity index is 4.32. The van der Waals surface area contributed by atoms with Crippen LogP contribution in [-0.2, 0) is 0 Å². The highest BCUT2D eigenvalue weighted by atomic mass is 15.2. The Bertz CT molecular complexity index is 206. The summed E-state index contributed by atoms with van der Waals surface area (Å²) in [6.45, 7) is 15.5. The summed E-state index contributed by atoms with van der Waals surface area (Å²) in [6, 6.07) is 0. The second-order valence-corrected chi connectivity index (χ2v) is 2.83. The number of nitrogens with one attached hydrogen (secondary N) is 1. The van der Waals surface area contributed by atoms with Crippen LogP contribution in [0.1, 0.15) is 6.92 Å². The van der Waals surface area contributed by atoms with Gasteiger partial charge in [0.15, 0.2) is 0 Å². The van der Waals surface area contributed by atoms with E-state index in [4.69, 9.17) is 0 Å². The summed E-state index contributed by atoms with van der Waals surface area (Å²) < 4.78 is 0. The summed E-state index contributed by atoms with van der Waals surface area (Å²) in [6.07, 6.45) is 7.63. The van der Waals surface area contributed by atoms with Crippen LogP contribution in [0.25, 0.3) is 0 Å². The van der Waals surface area contributed by atoms with Crippen LogP contribution < -0.4 is 5.32 Å². The Morgan fingerprint density at radius 1 is 1.14 bits per heavy atom. The highest BCUT2D eigenvalue weighted by Crippen LogP contribution is 2.00. The van der Waals surface area contributed by atoms with E-state index < -0.39 is 0 Å². The summed E-state index contributed by atoms with van der Waals surface area (Å²) in [7, 11) is 0. The molecule has 0 saturated heterocycles. The van der Waals surface area contributed by atoms with E-state index in [0.717, 1.165) is 25.5 Å². The van der Waals surface area contributed by atoms with Crippen LogP contribution in [0.2, 0.25) is 0 Å². The Morgan fingerprint density at radius 2 is 1.71 bits per heavy atom. The zero-order chi connectivity index (χ0) is 10.8. The molecule has 2 nitrogen and oxygen atoms in total. The monoisotopic (exact) mass is 192 g/mol. The van der Waals surface area contributed by atoms with E-state index in [0.29, 0.717) is 0 Å². The van der Waals surface area contributed by atoms with Crippen LogP contribution in [-0.4, -0.2) is 24.5 Å². The van der Waals surface area contributed by atoms with E-state index in [9.17, 15) is 0 Å².